The molecule has 7 nitrogen and oxygen atoms in total. The maximum Gasteiger partial charge on any atom is 0.326 e. The number of unbranched alkanes of at least 4 members (excludes halogenated alkanes) is 9. The number of esters is 1. The van der Waals surface area contributed by atoms with E-state index in [1.807, 2.05) is 0 Å². The lowest BCUT2D eigenvalue weighted by Crippen LogP contribution is -2.40. The molecule has 52 heavy (non-hydrogen) atoms. The van der Waals surface area contributed by atoms with Gasteiger partial charge >= 0.3 is 11.9 Å². The lowest BCUT2D eigenvalue weighted by Gasteiger charge is -2.15. The molecule has 2 atom stereocenters. The van der Waals surface area contributed by atoms with E-state index < -0.39 is 12.0 Å². The number of ether oxygens (including phenoxy) is 1. The molecule has 0 aromatic rings. The number of hydrogen-bond donors (Lipinski definition) is 3. The van der Waals surface area contributed by atoms with Crippen molar-refractivity contribution in [3.05, 3.63) is 85.1 Å². The van der Waals surface area contributed by atoms with Crippen LogP contribution in [0.1, 0.15) is 162 Å². The number of amides is 1. The molecule has 0 aliphatic rings. The van der Waals surface area contributed by atoms with Crippen LogP contribution in [0.2, 0.25) is 0 Å². The zero-order valence-corrected chi connectivity index (χ0v) is 32.9. The Bertz CT molecular complexity index is 1090. The van der Waals surface area contributed by atoms with Crippen molar-refractivity contribution in [1.29, 1.82) is 0 Å². The number of hydrogen-bond acceptors (Lipinski definition) is 5. The summed E-state index contributed by atoms with van der Waals surface area (Å²) in [6.07, 6.45) is 50.7. The zero-order chi connectivity index (χ0) is 38.2. The molecule has 2 unspecified atom stereocenters. The van der Waals surface area contributed by atoms with Crippen LogP contribution in [0.5, 0.6) is 0 Å². The maximum absolute atomic E-state index is 12.7. The highest BCUT2D eigenvalue weighted by Gasteiger charge is 2.18. The van der Waals surface area contributed by atoms with Crippen LogP contribution in [0, 0.1) is 0 Å². The standard InChI is InChI=1S/C45H74N2O5/c1-3-5-7-9-11-13-14-15-16-17-18-19-20-21-22-23-25-27-33-39-44(49)52-41(35-30-26-24-12-10-8-6-4-2)36-31-28-29-32-38-43(48)47-42(45(50)51)37-34-40-46/h5,7,11,13,15-16,18-19,21-22,25,27,30,35,41-42H,3-4,6,8-10,12,14,17,20,23-24,26,28-29,31-34,36-40,46H2,1-2H3,(H,47,48)(H,50,51)/b7-5-,13-11-,16-15-,19-18-,22-21-,27-25-,35-30-. The van der Waals surface area contributed by atoms with Crippen molar-refractivity contribution in [3.8, 4) is 0 Å². The van der Waals surface area contributed by atoms with Crippen LogP contribution < -0.4 is 11.1 Å². The largest absolute Gasteiger partial charge is 0.480 e. The number of carboxylic acids is 1. The van der Waals surface area contributed by atoms with Gasteiger partial charge in [0.1, 0.15) is 12.1 Å². The molecule has 4 N–H and O–H groups in total. The van der Waals surface area contributed by atoms with Gasteiger partial charge in [0.2, 0.25) is 5.91 Å². The Balaban J connectivity index is 4.44. The second-order valence-corrected chi connectivity index (χ2v) is 13.3. The van der Waals surface area contributed by atoms with Crippen molar-refractivity contribution in [2.24, 2.45) is 5.73 Å². The summed E-state index contributed by atoms with van der Waals surface area (Å²) < 4.78 is 5.87. The van der Waals surface area contributed by atoms with E-state index >= 15 is 0 Å². The van der Waals surface area contributed by atoms with Crippen LogP contribution in [0.25, 0.3) is 0 Å². The summed E-state index contributed by atoms with van der Waals surface area (Å²) in [5.41, 5.74) is 5.47. The predicted molar refractivity (Wildman–Crippen MR) is 220 cm³/mol. The Morgan fingerprint density at radius 1 is 0.596 bits per heavy atom. The molecule has 1 amide bonds. The minimum absolute atomic E-state index is 0.173. The van der Waals surface area contributed by atoms with Crippen LogP contribution in [0.4, 0.5) is 0 Å². The van der Waals surface area contributed by atoms with Crippen molar-refractivity contribution in [3.63, 3.8) is 0 Å². The highest BCUT2D eigenvalue weighted by atomic mass is 16.5. The van der Waals surface area contributed by atoms with Crippen molar-refractivity contribution in [1.82, 2.24) is 5.32 Å². The first-order valence-electron chi connectivity index (χ1n) is 20.4. The lowest BCUT2D eigenvalue weighted by atomic mass is 10.1. The smallest absolute Gasteiger partial charge is 0.326 e. The summed E-state index contributed by atoms with van der Waals surface area (Å²) >= 11 is 0. The first-order chi connectivity index (χ1) is 25.4. The van der Waals surface area contributed by atoms with E-state index in [0.717, 1.165) is 77.0 Å². The monoisotopic (exact) mass is 723 g/mol. The van der Waals surface area contributed by atoms with Gasteiger partial charge in [-0.05, 0) is 103 Å². The minimum Gasteiger partial charge on any atom is -0.480 e. The molecular weight excluding hydrogens is 649 g/mol. The molecule has 0 rings (SSSR count). The van der Waals surface area contributed by atoms with Gasteiger partial charge < -0.3 is 20.9 Å². The van der Waals surface area contributed by atoms with Crippen molar-refractivity contribution in [2.45, 2.75) is 174 Å². The Morgan fingerprint density at radius 3 is 1.71 bits per heavy atom. The van der Waals surface area contributed by atoms with Crippen LogP contribution in [-0.2, 0) is 19.1 Å². The predicted octanol–water partition coefficient (Wildman–Crippen LogP) is 11.3. The maximum atomic E-state index is 12.7. The van der Waals surface area contributed by atoms with Gasteiger partial charge in [0.25, 0.3) is 0 Å². The summed E-state index contributed by atoms with van der Waals surface area (Å²) in [6, 6.07) is -0.881. The van der Waals surface area contributed by atoms with Gasteiger partial charge in [-0.25, -0.2) is 4.79 Å². The highest BCUT2D eigenvalue weighted by molar-refractivity contribution is 5.83. The minimum atomic E-state index is -1.02. The van der Waals surface area contributed by atoms with E-state index in [1.54, 1.807) is 0 Å². The van der Waals surface area contributed by atoms with Crippen LogP contribution in [0.15, 0.2) is 85.1 Å². The number of rotatable bonds is 35. The van der Waals surface area contributed by atoms with Gasteiger partial charge in [0.05, 0.1) is 0 Å². The topological polar surface area (TPSA) is 119 Å². The van der Waals surface area contributed by atoms with E-state index in [4.69, 9.17) is 10.5 Å². The normalized spacial score (nSPS) is 13.6. The number of carboxylic acid groups (broad SMARTS) is 1. The molecule has 0 bridgehead atoms. The van der Waals surface area contributed by atoms with Crippen molar-refractivity contribution in [2.75, 3.05) is 6.54 Å². The van der Waals surface area contributed by atoms with E-state index in [2.05, 4.69) is 104 Å². The Morgan fingerprint density at radius 2 is 1.13 bits per heavy atom. The summed E-state index contributed by atoms with van der Waals surface area (Å²) in [5, 5.41) is 11.9. The van der Waals surface area contributed by atoms with E-state index in [9.17, 15) is 19.5 Å². The number of carbonyl (C=O) groups excluding carboxylic acids is 2. The third-order valence-electron chi connectivity index (χ3n) is 8.44. The molecule has 0 aliphatic heterocycles. The third kappa shape index (κ3) is 35.0. The number of allylic oxidation sites excluding steroid dienone is 13. The molecule has 0 fully saturated rings. The molecule has 0 saturated carbocycles. The first-order valence-corrected chi connectivity index (χ1v) is 20.4. The summed E-state index contributed by atoms with van der Waals surface area (Å²) in [5.74, 6) is -1.43. The average Bonchev–Trinajstić information content (AvgIpc) is 3.13. The Hall–Kier alpha value is -3.45. The average molecular weight is 723 g/mol. The molecule has 0 heterocycles. The second kappa shape index (κ2) is 38.8. The molecule has 0 aromatic carbocycles. The van der Waals surface area contributed by atoms with Crippen molar-refractivity contribution >= 4 is 17.8 Å². The SMILES string of the molecule is CC/C=C\C/C=C\C/C=C\C/C=C\C/C=C\C/C=C\CCC(=O)OC(/C=C\CCCCCCCC)CCCCCCC(=O)NC(CCCN)C(=O)O. The summed E-state index contributed by atoms with van der Waals surface area (Å²) in [4.78, 5) is 36.2. The van der Waals surface area contributed by atoms with Gasteiger partial charge in [-0.15, -0.1) is 0 Å². The van der Waals surface area contributed by atoms with E-state index in [0.29, 0.717) is 45.1 Å². The highest BCUT2D eigenvalue weighted by Crippen LogP contribution is 2.14. The quantitative estimate of drug-likeness (QED) is 0.0340. The van der Waals surface area contributed by atoms with Gasteiger partial charge in [-0.2, -0.15) is 0 Å². The number of nitrogens with one attached hydrogen (secondary N) is 1. The van der Waals surface area contributed by atoms with Gasteiger partial charge in [0.15, 0.2) is 0 Å². The summed E-state index contributed by atoms with van der Waals surface area (Å²) in [7, 11) is 0. The second-order valence-electron chi connectivity index (χ2n) is 13.3. The zero-order valence-electron chi connectivity index (χ0n) is 32.9. The van der Waals surface area contributed by atoms with E-state index in [1.165, 1.54) is 32.1 Å². The Kier molecular flexibility index (Phi) is 36.2. The third-order valence-corrected chi connectivity index (χ3v) is 8.44. The molecule has 0 saturated heterocycles. The lowest BCUT2D eigenvalue weighted by molar-refractivity contribution is -0.147. The number of aliphatic carboxylic acids is 1. The van der Waals surface area contributed by atoms with Gasteiger partial charge in [-0.3, -0.25) is 9.59 Å². The molecule has 294 valence electrons. The van der Waals surface area contributed by atoms with Gasteiger partial charge in [-0.1, -0.05) is 138 Å². The fraction of sp³-hybridized carbons (Fsp3) is 0.622. The van der Waals surface area contributed by atoms with E-state index in [-0.39, 0.29) is 18.0 Å². The van der Waals surface area contributed by atoms with Crippen LogP contribution in [-0.4, -0.2) is 41.6 Å². The molecular formula is C45H74N2O5. The number of carbonyl (C=O) groups is 3. The molecule has 0 aromatic heterocycles. The molecule has 0 aliphatic carbocycles. The first kappa shape index (κ1) is 48.5. The molecule has 0 spiro atoms. The summed E-state index contributed by atoms with van der Waals surface area (Å²) in [6.45, 7) is 4.78. The fourth-order valence-corrected chi connectivity index (χ4v) is 5.38. The molecule has 0 radical (unpaired) electrons. The van der Waals surface area contributed by atoms with Crippen LogP contribution >= 0.6 is 0 Å². The fourth-order valence-electron chi connectivity index (χ4n) is 5.38. The Labute approximate surface area is 317 Å². The number of nitrogens with two attached hydrogens (primary N) is 1. The van der Waals surface area contributed by atoms with Crippen LogP contribution in [0.3, 0.4) is 0 Å². The molecule has 7 heteroatoms. The van der Waals surface area contributed by atoms with Crippen molar-refractivity contribution < 1.29 is 24.2 Å². The van der Waals surface area contributed by atoms with Gasteiger partial charge in [0, 0.05) is 12.8 Å².